The molecule has 2 aromatic rings. The minimum absolute atomic E-state index is 0.398. The van der Waals surface area contributed by atoms with Crippen LogP contribution in [0.15, 0.2) is 18.5 Å². The highest BCUT2D eigenvalue weighted by atomic mass is 16.5. The molecule has 0 aliphatic carbocycles. The Balaban J connectivity index is 2.10. The van der Waals surface area contributed by atoms with E-state index in [9.17, 15) is 0 Å². The van der Waals surface area contributed by atoms with Crippen LogP contribution < -0.4 is 10.1 Å². The number of pyridine rings is 1. The lowest BCUT2D eigenvalue weighted by atomic mass is 10.3. The summed E-state index contributed by atoms with van der Waals surface area (Å²) >= 11 is 0. The lowest BCUT2D eigenvalue weighted by Crippen LogP contribution is -2.12. The van der Waals surface area contributed by atoms with Gasteiger partial charge in [-0.05, 0) is 33.0 Å². The first kappa shape index (κ1) is 13.5. The summed E-state index contributed by atoms with van der Waals surface area (Å²) in [5.41, 5.74) is 1.89. The van der Waals surface area contributed by atoms with Gasteiger partial charge in [0.25, 0.3) is 0 Å². The highest BCUT2D eigenvalue weighted by molar-refractivity contribution is 5.29. The number of rotatable bonds is 6. The maximum absolute atomic E-state index is 5.81. The Morgan fingerprint density at radius 1 is 1.37 bits per heavy atom. The summed E-state index contributed by atoms with van der Waals surface area (Å²) in [6, 6.07) is 3.89. The molecule has 1 N–H and O–H groups in total. The van der Waals surface area contributed by atoms with Gasteiger partial charge in [-0.25, -0.2) is 9.67 Å². The third-order valence-corrected chi connectivity index (χ3v) is 2.77. The van der Waals surface area contributed by atoms with Gasteiger partial charge in [0.15, 0.2) is 5.82 Å². The van der Waals surface area contributed by atoms with Crippen LogP contribution in [0.5, 0.6) is 5.75 Å². The molecule has 0 saturated heterocycles. The monoisotopic (exact) mass is 261 g/mol. The molecule has 19 heavy (non-hydrogen) atoms. The number of aromatic nitrogens is 4. The summed E-state index contributed by atoms with van der Waals surface area (Å²) in [5, 5.41) is 7.21. The van der Waals surface area contributed by atoms with Crippen molar-refractivity contribution in [3.8, 4) is 5.75 Å². The summed E-state index contributed by atoms with van der Waals surface area (Å²) in [6.07, 6.45) is 1.55. The number of aryl methyl sites for hydroxylation is 2. The van der Waals surface area contributed by atoms with Gasteiger partial charge in [-0.15, -0.1) is 0 Å². The maximum Gasteiger partial charge on any atom is 0.164 e. The Hall–Kier alpha value is -1.95. The number of nitrogens with zero attached hydrogens (tertiary/aromatic N) is 4. The minimum Gasteiger partial charge on any atom is -0.484 e. The average molecular weight is 261 g/mol. The van der Waals surface area contributed by atoms with Crippen LogP contribution >= 0.6 is 0 Å². The third kappa shape index (κ3) is 3.29. The Morgan fingerprint density at radius 2 is 2.21 bits per heavy atom. The van der Waals surface area contributed by atoms with Gasteiger partial charge in [0.1, 0.15) is 18.7 Å². The lowest BCUT2D eigenvalue weighted by molar-refractivity contribution is 0.282. The molecule has 6 nitrogen and oxygen atoms in total. The van der Waals surface area contributed by atoms with E-state index in [1.54, 1.807) is 6.33 Å². The zero-order valence-electron chi connectivity index (χ0n) is 11.6. The van der Waals surface area contributed by atoms with E-state index in [0.29, 0.717) is 13.2 Å². The standard InChI is InChI=1S/C13H19N5O/c1-4-18-13(15-9-16-18)8-19-12-6-5-10(2)17-11(12)7-14-3/h5-6,9,14H,4,7-8H2,1-3H3. The molecule has 0 radical (unpaired) electrons. The smallest absolute Gasteiger partial charge is 0.164 e. The molecule has 0 aliphatic rings. The van der Waals surface area contributed by atoms with E-state index in [1.807, 2.05) is 37.7 Å². The first-order valence-electron chi connectivity index (χ1n) is 6.35. The highest BCUT2D eigenvalue weighted by Gasteiger charge is 2.08. The molecule has 0 aliphatic heterocycles. The predicted octanol–water partition coefficient (Wildman–Crippen LogP) is 1.30. The quantitative estimate of drug-likeness (QED) is 0.849. The van der Waals surface area contributed by atoms with Crippen molar-refractivity contribution in [2.75, 3.05) is 7.05 Å². The molecule has 6 heteroatoms. The third-order valence-electron chi connectivity index (χ3n) is 2.77. The SMILES string of the molecule is CCn1ncnc1COc1ccc(C)nc1CNC. The van der Waals surface area contributed by atoms with Crippen molar-refractivity contribution in [1.29, 1.82) is 0 Å². The van der Waals surface area contributed by atoms with Crippen molar-refractivity contribution in [2.24, 2.45) is 0 Å². The molecule has 102 valence electrons. The Morgan fingerprint density at radius 3 is 2.95 bits per heavy atom. The number of hydrogen-bond donors (Lipinski definition) is 1. The number of nitrogens with one attached hydrogen (secondary N) is 1. The van der Waals surface area contributed by atoms with E-state index in [0.717, 1.165) is 29.5 Å². The van der Waals surface area contributed by atoms with Crippen molar-refractivity contribution in [3.63, 3.8) is 0 Å². The normalized spacial score (nSPS) is 10.7. The molecule has 0 amide bonds. The molecule has 0 saturated carbocycles. The molecule has 2 heterocycles. The fraction of sp³-hybridized carbons (Fsp3) is 0.462. The Labute approximate surface area is 112 Å². The topological polar surface area (TPSA) is 64.9 Å². The molecule has 0 aromatic carbocycles. The largest absolute Gasteiger partial charge is 0.484 e. The highest BCUT2D eigenvalue weighted by Crippen LogP contribution is 2.18. The van der Waals surface area contributed by atoms with Crippen LogP contribution in [-0.2, 0) is 19.7 Å². The molecular formula is C13H19N5O. The van der Waals surface area contributed by atoms with Crippen LogP contribution in [0.25, 0.3) is 0 Å². The molecular weight excluding hydrogens is 242 g/mol. The summed E-state index contributed by atoms with van der Waals surface area (Å²) in [4.78, 5) is 8.66. The van der Waals surface area contributed by atoms with Gasteiger partial charge < -0.3 is 10.1 Å². The zero-order valence-corrected chi connectivity index (χ0v) is 11.6. The first-order valence-corrected chi connectivity index (χ1v) is 6.35. The molecule has 2 aromatic heterocycles. The van der Waals surface area contributed by atoms with E-state index in [2.05, 4.69) is 20.4 Å². The van der Waals surface area contributed by atoms with E-state index in [4.69, 9.17) is 4.74 Å². The molecule has 2 rings (SSSR count). The van der Waals surface area contributed by atoms with Gasteiger partial charge in [0, 0.05) is 18.8 Å². The van der Waals surface area contributed by atoms with E-state index >= 15 is 0 Å². The summed E-state index contributed by atoms with van der Waals surface area (Å²) < 4.78 is 7.62. The fourth-order valence-corrected chi connectivity index (χ4v) is 1.83. The van der Waals surface area contributed by atoms with Crippen LogP contribution in [0.2, 0.25) is 0 Å². The summed E-state index contributed by atoms with van der Waals surface area (Å²) in [5.74, 6) is 1.60. The van der Waals surface area contributed by atoms with Crippen molar-refractivity contribution >= 4 is 0 Å². The Bertz CT molecular complexity index is 538. The summed E-state index contributed by atoms with van der Waals surface area (Å²) in [7, 11) is 1.89. The van der Waals surface area contributed by atoms with E-state index in [1.165, 1.54) is 0 Å². The molecule has 0 atom stereocenters. The average Bonchev–Trinajstić information content (AvgIpc) is 2.85. The van der Waals surface area contributed by atoms with Gasteiger partial charge >= 0.3 is 0 Å². The number of hydrogen-bond acceptors (Lipinski definition) is 5. The van der Waals surface area contributed by atoms with Crippen molar-refractivity contribution in [3.05, 3.63) is 35.7 Å². The van der Waals surface area contributed by atoms with Crippen molar-refractivity contribution < 1.29 is 4.74 Å². The fourth-order valence-electron chi connectivity index (χ4n) is 1.83. The zero-order chi connectivity index (χ0) is 13.7. The van der Waals surface area contributed by atoms with Crippen LogP contribution in [0, 0.1) is 6.92 Å². The maximum atomic E-state index is 5.81. The van der Waals surface area contributed by atoms with Crippen LogP contribution in [0.3, 0.4) is 0 Å². The van der Waals surface area contributed by atoms with Crippen molar-refractivity contribution in [1.82, 2.24) is 25.1 Å². The van der Waals surface area contributed by atoms with E-state index in [-0.39, 0.29) is 0 Å². The molecule has 0 spiro atoms. The van der Waals surface area contributed by atoms with Crippen LogP contribution in [-0.4, -0.2) is 26.8 Å². The second kappa shape index (κ2) is 6.29. The minimum atomic E-state index is 0.398. The van der Waals surface area contributed by atoms with E-state index < -0.39 is 0 Å². The number of ether oxygens (including phenoxy) is 1. The molecule has 0 fully saturated rings. The van der Waals surface area contributed by atoms with Crippen molar-refractivity contribution in [2.45, 2.75) is 33.5 Å². The molecule has 0 unspecified atom stereocenters. The lowest BCUT2D eigenvalue weighted by Gasteiger charge is -2.11. The van der Waals surface area contributed by atoms with Gasteiger partial charge in [0.2, 0.25) is 0 Å². The predicted molar refractivity (Wildman–Crippen MR) is 71.8 cm³/mol. The van der Waals surface area contributed by atoms with Gasteiger partial charge in [-0.2, -0.15) is 5.10 Å². The van der Waals surface area contributed by atoms with Gasteiger partial charge in [-0.3, -0.25) is 4.98 Å². The van der Waals surface area contributed by atoms with Gasteiger partial charge in [-0.1, -0.05) is 0 Å². The van der Waals surface area contributed by atoms with Crippen LogP contribution in [0.4, 0.5) is 0 Å². The van der Waals surface area contributed by atoms with Crippen LogP contribution in [0.1, 0.15) is 24.1 Å². The summed E-state index contributed by atoms with van der Waals surface area (Å²) in [6.45, 7) is 5.86. The second-order valence-electron chi connectivity index (χ2n) is 4.21. The van der Waals surface area contributed by atoms with Gasteiger partial charge in [0.05, 0.1) is 5.69 Å². The Kier molecular flexibility index (Phi) is 4.46. The molecule has 0 bridgehead atoms. The second-order valence-corrected chi connectivity index (χ2v) is 4.21. The first-order chi connectivity index (χ1) is 9.24.